The predicted octanol–water partition coefficient (Wildman–Crippen LogP) is 3.09. The van der Waals surface area contributed by atoms with Gasteiger partial charge < -0.3 is 9.47 Å². The maximum Gasteiger partial charge on any atom is 0.334 e. The zero-order chi connectivity index (χ0) is 13.8. The van der Waals surface area contributed by atoms with Crippen molar-refractivity contribution in [2.45, 2.75) is 58.7 Å². The van der Waals surface area contributed by atoms with E-state index < -0.39 is 0 Å². The Kier molecular flexibility index (Phi) is 3.01. The molecule has 0 aromatic rings. The van der Waals surface area contributed by atoms with E-state index in [1.807, 2.05) is 6.92 Å². The van der Waals surface area contributed by atoms with E-state index >= 15 is 0 Å². The quantitative estimate of drug-likeness (QED) is 0.683. The van der Waals surface area contributed by atoms with Crippen LogP contribution in [-0.2, 0) is 14.3 Å². The first-order valence-electron chi connectivity index (χ1n) is 7.44. The molecule has 2 aliphatic carbocycles. The molecular formula is C16H24O3. The normalized spacial score (nSPS) is 45.8. The van der Waals surface area contributed by atoms with Gasteiger partial charge in [-0.1, -0.05) is 26.7 Å². The van der Waals surface area contributed by atoms with Gasteiger partial charge in [0.1, 0.15) is 6.10 Å². The highest BCUT2D eigenvalue weighted by Gasteiger charge is 2.57. The summed E-state index contributed by atoms with van der Waals surface area (Å²) in [5.74, 6) is 1.10. The summed E-state index contributed by atoms with van der Waals surface area (Å²) in [6.07, 6.45) is 4.79. The van der Waals surface area contributed by atoms with Crippen molar-refractivity contribution in [1.29, 1.82) is 0 Å². The Morgan fingerprint density at radius 2 is 2.11 bits per heavy atom. The summed E-state index contributed by atoms with van der Waals surface area (Å²) < 4.78 is 11.4. The molecule has 0 spiro atoms. The molecule has 0 aromatic carbocycles. The van der Waals surface area contributed by atoms with Crippen molar-refractivity contribution in [3.8, 4) is 0 Å². The first-order chi connectivity index (χ1) is 9.00. The summed E-state index contributed by atoms with van der Waals surface area (Å²) in [5.41, 5.74) is 2.06. The summed E-state index contributed by atoms with van der Waals surface area (Å²) in [6.45, 7) is 6.59. The zero-order valence-corrected chi connectivity index (χ0v) is 12.4. The summed E-state index contributed by atoms with van der Waals surface area (Å²) in [4.78, 5) is 11.9. The minimum atomic E-state index is -0.142. The Balaban J connectivity index is 2.07. The number of rotatable bonds is 1. The van der Waals surface area contributed by atoms with Gasteiger partial charge in [0.25, 0.3) is 0 Å². The monoisotopic (exact) mass is 264 g/mol. The third-order valence-corrected chi connectivity index (χ3v) is 6.05. The molecule has 2 fully saturated rings. The zero-order valence-electron chi connectivity index (χ0n) is 12.4. The molecule has 0 unspecified atom stereocenters. The molecule has 19 heavy (non-hydrogen) atoms. The van der Waals surface area contributed by atoms with E-state index in [1.165, 1.54) is 19.3 Å². The molecule has 0 aromatic heterocycles. The number of methoxy groups -OCH3 is 1. The molecule has 0 bridgehead atoms. The molecule has 0 saturated heterocycles. The van der Waals surface area contributed by atoms with Gasteiger partial charge in [-0.2, -0.15) is 0 Å². The summed E-state index contributed by atoms with van der Waals surface area (Å²) in [7, 11) is 1.78. The maximum atomic E-state index is 11.9. The van der Waals surface area contributed by atoms with Gasteiger partial charge in [-0.3, -0.25) is 0 Å². The lowest BCUT2D eigenvalue weighted by molar-refractivity contribution is -0.147. The van der Waals surface area contributed by atoms with Gasteiger partial charge >= 0.3 is 5.97 Å². The van der Waals surface area contributed by atoms with Gasteiger partial charge in [0.15, 0.2) is 0 Å². The van der Waals surface area contributed by atoms with Crippen LogP contribution in [0.2, 0.25) is 0 Å². The molecule has 3 rings (SSSR count). The van der Waals surface area contributed by atoms with Gasteiger partial charge in [0.2, 0.25) is 0 Å². The molecule has 0 radical (unpaired) electrons. The topological polar surface area (TPSA) is 35.5 Å². The van der Waals surface area contributed by atoms with Crippen LogP contribution >= 0.6 is 0 Å². The lowest BCUT2D eigenvalue weighted by atomic mass is 9.53. The first-order valence-corrected chi connectivity index (χ1v) is 7.44. The minimum Gasteiger partial charge on any atom is -0.454 e. The molecule has 2 saturated carbocycles. The van der Waals surface area contributed by atoms with Gasteiger partial charge in [-0.05, 0) is 31.6 Å². The lowest BCUT2D eigenvalue weighted by Crippen LogP contribution is -2.54. The second-order valence-electron chi connectivity index (χ2n) is 6.72. The fraction of sp³-hybridized carbons (Fsp3) is 0.812. The van der Waals surface area contributed by atoms with Crippen molar-refractivity contribution in [1.82, 2.24) is 0 Å². The first kappa shape index (κ1) is 13.2. The van der Waals surface area contributed by atoms with E-state index in [9.17, 15) is 4.79 Å². The molecule has 5 atom stereocenters. The molecular weight excluding hydrogens is 240 g/mol. The Morgan fingerprint density at radius 1 is 1.37 bits per heavy atom. The number of carbonyl (C=O) groups is 1. The summed E-state index contributed by atoms with van der Waals surface area (Å²) in [6, 6.07) is 0. The molecule has 0 amide bonds. The van der Waals surface area contributed by atoms with Crippen molar-refractivity contribution in [2.75, 3.05) is 7.11 Å². The fourth-order valence-corrected chi connectivity index (χ4v) is 4.69. The number of hydrogen-bond donors (Lipinski definition) is 0. The van der Waals surface area contributed by atoms with Crippen LogP contribution in [0.5, 0.6) is 0 Å². The Bertz CT molecular complexity index is 439. The molecule has 1 heterocycles. The highest BCUT2D eigenvalue weighted by molar-refractivity contribution is 5.92. The lowest BCUT2D eigenvalue weighted by Gasteiger charge is -2.55. The van der Waals surface area contributed by atoms with Crippen LogP contribution in [0.25, 0.3) is 0 Å². The van der Waals surface area contributed by atoms with Crippen molar-refractivity contribution < 1.29 is 14.3 Å². The van der Waals surface area contributed by atoms with E-state index in [4.69, 9.17) is 9.47 Å². The van der Waals surface area contributed by atoms with E-state index in [-0.39, 0.29) is 23.6 Å². The summed E-state index contributed by atoms with van der Waals surface area (Å²) >= 11 is 0. The number of fused-ring (bicyclic) bond motifs is 2. The van der Waals surface area contributed by atoms with E-state index in [1.54, 1.807) is 7.11 Å². The highest BCUT2D eigenvalue weighted by atomic mass is 16.6. The average Bonchev–Trinajstić information content (AvgIpc) is 2.65. The Labute approximate surface area is 115 Å². The average molecular weight is 264 g/mol. The Morgan fingerprint density at radius 3 is 2.79 bits per heavy atom. The van der Waals surface area contributed by atoms with Crippen LogP contribution in [0.4, 0.5) is 0 Å². The smallest absolute Gasteiger partial charge is 0.334 e. The molecule has 3 aliphatic rings. The highest BCUT2D eigenvalue weighted by Crippen LogP contribution is 2.57. The second-order valence-corrected chi connectivity index (χ2v) is 6.72. The van der Waals surface area contributed by atoms with E-state index in [0.717, 1.165) is 17.6 Å². The van der Waals surface area contributed by atoms with Crippen molar-refractivity contribution in [3.05, 3.63) is 11.1 Å². The van der Waals surface area contributed by atoms with Crippen LogP contribution < -0.4 is 0 Å². The Hall–Kier alpha value is -0.830. The molecule has 1 aliphatic heterocycles. The standard InChI is InChI=1S/C16H24O3/c1-9-6-5-7-11-8-12-13(10(2)15(17)19-12)14(18-4)16(9,11)3/h9,11-12,14H,5-8H2,1-4H3/t9-,11+,12+,14+,16+/m0/s1. The number of hydrogen-bond acceptors (Lipinski definition) is 3. The number of esters is 1. The van der Waals surface area contributed by atoms with Crippen LogP contribution in [-0.4, -0.2) is 25.3 Å². The third-order valence-electron chi connectivity index (χ3n) is 6.05. The van der Waals surface area contributed by atoms with E-state index in [0.29, 0.717) is 11.8 Å². The van der Waals surface area contributed by atoms with Crippen LogP contribution in [0, 0.1) is 17.3 Å². The van der Waals surface area contributed by atoms with Gasteiger partial charge in [-0.25, -0.2) is 4.79 Å². The van der Waals surface area contributed by atoms with Crippen molar-refractivity contribution in [3.63, 3.8) is 0 Å². The van der Waals surface area contributed by atoms with Crippen molar-refractivity contribution in [2.24, 2.45) is 17.3 Å². The molecule has 3 nitrogen and oxygen atoms in total. The van der Waals surface area contributed by atoms with Crippen molar-refractivity contribution >= 4 is 5.97 Å². The van der Waals surface area contributed by atoms with Gasteiger partial charge in [0.05, 0.1) is 6.10 Å². The number of ether oxygens (including phenoxy) is 2. The third kappa shape index (κ3) is 1.63. The predicted molar refractivity (Wildman–Crippen MR) is 72.6 cm³/mol. The maximum absolute atomic E-state index is 11.9. The number of carbonyl (C=O) groups excluding carboxylic acids is 1. The van der Waals surface area contributed by atoms with Crippen LogP contribution in [0.1, 0.15) is 46.5 Å². The second kappa shape index (κ2) is 4.34. The largest absolute Gasteiger partial charge is 0.454 e. The SMILES string of the molecule is CO[C@@H]1C2=C(C)C(=O)O[C@@H]2C[C@H]2CCC[C@H](C)[C@]21C. The van der Waals surface area contributed by atoms with Gasteiger partial charge in [0, 0.05) is 23.7 Å². The molecule has 3 heteroatoms. The van der Waals surface area contributed by atoms with Gasteiger partial charge in [-0.15, -0.1) is 0 Å². The van der Waals surface area contributed by atoms with Crippen LogP contribution in [0.15, 0.2) is 11.1 Å². The minimum absolute atomic E-state index is 0.0270. The molecule has 0 N–H and O–H groups in total. The fourth-order valence-electron chi connectivity index (χ4n) is 4.69. The van der Waals surface area contributed by atoms with E-state index in [2.05, 4.69) is 13.8 Å². The molecule has 106 valence electrons. The summed E-state index contributed by atoms with van der Waals surface area (Å²) in [5, 5.41) is 0. The van der Waals surface area contributed by atoms with Crippen LogP contribution in [0.3, 0.4) is 0 Å².